The molecule has 12 heteroatoms. The van der Waals surface area contributed by atoms with Gasteiger partial charge in [-0.25, -0.2) is 13.2 Å². The Balaban J connectivity index is 1.36. The molecule has 11 nitrogen and oxygen atoms in total. The molecule has 2 saturated heterocycles. The second-order valence-corrected chi connectivity index (χ2v) is 10.2. The zero-order valence-corrected chi connectivity index (χ0v) is 18.3. The van der Waals surface area contributed by atoms with Gasteiger partial charge in [-0.3, -0.25) is 19.3 Å². The summed E-state index contributed by atoms with van der Waals surface area (Å²) in [5.41, 5.74) is 4.52. The number of hydrogen-bond acceptors (Lipinski definition) is 6. The number of nitrogens with one attached hydrogen (secondary N) is 1. The lowest BCUT2D eigenvalue weighted by atomic mass is 9.98. The summed E-state index contributed by atoms with van der Waals surface area (Å²) in [4.78, 5) is 51.4. The normalized spacial score (nSPS) is 21.2. The lowest BCUT2D eigenvalue weighted by Crippen LogP contribution is -2.53. The number of hydrogen-bond donors (Lipinski definition) is 2. The van der Waals surface area contributed by atoms with Crippen LogP contribution in [0.1, 0.15) is 36.0 Å². The topological polar surface area (TPSA) is 150 Å². The van der Waals surface area contributed by atoms with Gasteiger partial charge < -0.3 is 16.0 Å². The number of nitrogens with two attached hydrogens (primary N) is 1. The van der Waals surface area contributed by atoms with Crippen molar-refractivity contribution in [2.45, 2.75) is 36.1 Å². The van der Waals surface area contributed by atoms with E-state index < -0.39 is 33.4 Å². The molecular weight excluding hydrogens is 438 g/mol. The minimum Gasteiger partial charge on any atom is -0.366 e. The summed E-state index contributed by atoms with van der Waals surface area (Å²) in [6.07, 6.45) is 2.88. The molecular formula is C20H25N5O6S. The second-order valence-electron chi connectivity index (χ2n) is 8.28. The van der Waals surface area contributed by atoms with Crippen LogP contribution in [0, 0.1) is 0 Å². The van der Waals surface area contributed by atoms with Crippen molar-refractivity contribution in [3.63, 3.8) is 0 Å². The van der Waals surface area contributed by atoms with Crippen molar-refractivity contribution in [1.29, 1.82) is 0 Å². The van der Waals surface area contributed by atoms with E-state index in [2.05, 4.69) is 5.32 Å². The average molecular weight is 464 g/mol. The standard InChI is InChI=1S/C20H25N5O6S/c21-17(27)14-3-5-15(6-4-14)32(30,31)24-11-9-23(10-12-24)16(26)13-25-18(28)20(22-19(25)29)7-1-2-8-20/h3-6H,1-2,7-13H2,(H2,21,27)(H,22,29). The van der Waals surface area contributed by atoms with Crippen molar-refractivity contribution in [1.82, 2.24) is 19.4 Å². The first-order chi connectivity index (χ1) is 15.1. The zero-order chi connectivity index (χ0) is 23.1. The zero-order valence-electron chi connectivity index (χ0n) is 17.5. The maximum absolute atomic E-state index is 12.9. The Labute approximate surface area is 185 Å². The number of urea groups is 1. The summed E-state index contributed by atoms with van der Waals surface area (Å²) in [5, 5.41) is 2.74. The number of imide groups is 1. The predicted molar refractivity (Wildman–Crippen MR) is 112 cm³/mol. The third kappa shape index (κ3) is 3.84. The van der Waals surface area contributed by atoms with Crippen molar-refractivity contribution in [2.75, 3.05) is 32.7 Å². The minimum absolute atomic E-state index is 0.0310. The van der Waals surface area contributed by atoms with Crippen LogP contribution in [-0.2, 0) is 19.6 Å². The van der Waals surface area contributed by atoms with Gasteiger partial charge in [0.2, 0.25) is 21.8 Å². The van der Waals surface area contributed by atoms with Crippen LogP contribution in [0.25, 0.3) is 0 Å². The van der Waals surface area contributed by atoms with Gasteiger partial charge in [0.15, 0.2) is 0 Å². The number of amides is 5. The highest BCUT2D eigenvalue weighted by atomic mass is 32.2. The molecule has 1 aliphatic carbocycles. The maximum atomic E-state index is 12.9. The van der Waals surface area contributed by atoms with Crippen LogP contribution >= 0.6 is 0 Å². The Kier molecular flexibility index (Phi) is 5.67. The molecule has 3 aliphatic rings. The molecule has 1 aromatic carbocycles. The fraction of sp³-hybridized carbons (Fsp3) is 0.500. The van der Waals surface area contributed by atoms with Gasteiger partial charge in [0.05, 0.1) is 4.90 Å². The summed E-state index contributed by atoms with van der Waals surface area (Å²) in [6, 6.07) is 4.80. The van der Waals surface area contributed by atoms with Crippen molar-refractivity contribution in [2.24, 2.45) is 5.73 Å². The van der Waals surface area contributed by atoms with Crippen LogP contribution in [0.2, 0.25) is 0 Å². The van der Waals surface area contributed by atoms with Crippen LogP contribution < -0.4 is 11.1 Å². The molecule has 5 amide bonds. The Morgan fingerprint density at radius 1 is 1.00 bits per heavy atom. The fourth-order valence-corrected chi connectivity index (χ4v) is 5.91. The van der Waals surface area contributed by atoms with Gasteiger partial charge in [0.25, 0.3) is 5.91 Å². The van der Waals surface area contributed by atoms with Gasteiger partial charge in [-0.05, 0) is 37.1 Å². The lowest BCUT2D eigenvalue weighted by molar-refractivity contribution is -0.139. The van der Waals surface area contributed by atoms with Crippen molar-refractivity contribution < 1.29 is 27.6 Å². The third-order valence-corrected chi connectivity index (χ3v) is 8.28. The van der Waals surface area contributed by atoms with Crippen LogP contribution in [0.15, 0.2) is 29.2 Å². The second kappa shape index (κ2) is 8.17. The van der Waals surface area contributed by atoms with Gasteiger partial charge in [-0.15, -0.1) is 0 Å². The number of benzene rings is 1. The molecule has 1 spiro atoms. The molecule has 1 aromatic rings. The molecule has 0 aromatic heterocycles. The third-order valence-electron chi connectivity index (χ3n) is 6.36. The van der Waals surface area contributed by atoms with Crippen molar-refractivity contribution in [3.05, 3.63) is 29.8 Å². The molecule has 0 unspecified atom stereocenters. The number of carbonyl (C=O) groups excluding carboxylic acids is 4. The number of sulfonamides is 1. The average Bonchev–Trinajstić information content (AvgIpc) is 3.34. The highest BCUT2D eigenvalue weighted by Crippen LogP contribution is 2.35. The molecule has 1 saturated carbocycles. The first-order valence-electron chi connectivity index (χ1n) is 10.5. The van der Waals surface area contributed by atoms with E-state index in [0.717, 1.165) is 17.7 Å². The summed E-state index contributed by atoms with van der Waals surface area (Å²) < 4.78 is 27.0. The molecule has 0 radical (unpaired) electrons. The Bertz CT molecular complexity index is 1060. The first kappa shape index (κ1) is 22.2. The maximum Gasteiger partial charge on any atom is 0.325 e. The highest BCUT2D eigenvalue weighted by molar-refractivity contribution is 7.89. The van der Waals surface area contributed by atoms with E-state index in [1.54, 1.807) is 0 Å². The Morgan fingerprint density at radius 3 is 2.16 bits per heavy atom. The number of primary amides is 1. The molecule has 4 rings (SSSR count). The van der Waals surface area contributed by atoms with Gasteiger partial charge >= 0.3 is 6.03 Å². The SMILES string of the molecule is NC(=O)c1ccc(S(=O)(=O)N2CCN(C(=O)CN3C(=O)NC4(CCCC4)C3=O)CC2)cc1. The van der Waals surface area contributed by atoms with Gasteiger partial charge in [0, 0.05) is 31.7 Å². The summed E-state index contributed by atoms with van der Waals surface area (Å²) >= 11 is 0. The molecule has 2 aliphatic heterocycles. The van der Waals surface area contributed by atoms with E-state index in [4.69, 9.17) is 5.73 Å². The first-order valence-corrected chi connectivity index (χ1v) is 11.9. The van der Waals surface area contributed by atoms with Gasteiger partial charge in [-0.2, -0.15) is 4.31 Å². The van der Waals surface area contributed by atoms with Crippen molar-refractivity contribution in [3.8, 4) is 0 Å². The Hall–Kier alpha value is -2.99. The quantitative estimate of drug-likeness (QED) is 0.561. The summed E-state index contributed by atoms with van der Waals surface area (Å²) in [5.74, 6) is -1.40. The van der Waals surface area contributed by atoms with Crippen LogP contribution in [0.4, 0.5) is 4.79 Å². The van der Waals surface area contributed by atoms with Crippen LogP contribution in [0.3, 0.4) is 0 Å². The molecule has 172 valence electrons. The molecule has 3 fully saturated rings. The monoisotopic (exact) mass is 463 g/mol. The summed E-state index contributed by atoms with van der Waals surface area (Å²) in [6.45, 7) is 0.0949. The van der Waals surface area contributed by atoms with E-state index >= 15 is 0 Å². The van der Waals surface area contributed by atoms with E-state index in [-0.39, 0.29) is 49.1 Å². The van der Waals surface area contributed by atoms with E-state index in [1.807, 2.05) is 0 Å². The number of carbonyl (C=O) groups is 4. The molecule has 32 heavy (non-hydrogen) atoms. The molecule has 3 N–H and O–H groups in total. The predicted octanol–water partition coefficient (Wildman–Crippen LogP) is -0.517. The minimum atomic E-state index is -3.79. The fourth-order valence-electron chi connectivity index (χ4n) is 4.49. The molecule has 2 heterocycles. The van der Waals surface area contributed by atoms with E-state index in [0.29, 0.717) is 12.8 Å². The lowest BCUT2D eigenvalue weighted by Gasteiger charge is -2.34. The number of piperazine rings is 1. The van der Waals surface area contributed by atoms with Gasteiger partial charge in [-0.1, -0.05) is 12.8 Å². The van der Waals surface area contributed by atoms with E-state index in [9.17, 15) is 27.6 Å². The van der Waals surface area contributed by atoms with Crippen LogP contribution in [-0.4, -0.2) is 84.5 Å². The van der Waals surface area contributed by atoms with E-state index in [1.165, 1.54) is 33.5 Å². The largest absolute Gasteiger partial charge is 0.366 e. The van der Waals surface area contributed by atoms with Crippen molar-refractivity contribution >= 4 is 33.8 Å². The molecule has 0 bridgehead atoms. The number of rotatable bonds is 5. The van der Waals surface area contributed by atoms with Gasteiger partial charge in [0.1, 0.15) is 12.1 Å². The smallest absolute Gasteiger partial charge is 0.325 e. The van der Waals surface area contributed by atoms with Crippen LogP contribution in [0.5, 0.6) is 0 Å². The molecule has 0 atom stereocenters. The summed E-state index contributed by atoms with van der Waals surface area (Å²) in [7, 11) is -3.79. The highest BCUT2D eigenvalue weighted by Gasteiger charge is 2.53. The number of nitrogens with zero attached hydrogens (tertiary/aromatic N) is 3. The Morgan fingerprint density at radius 2 is 1.59 bits per heavy atom.